The van der Waals surface area contributed by atoms with Crippen molar-refractivity contribution in [3.8, 4) is 5.75 Å². The molecule has 2 amide bonds. The minimum absolute atomic E-state index is 0.00263. The van der Waals surface area contributed by atoms with Crippen LogP contribution in [0.2, 0.25) is 0 Å². The Hall–Kier alpha value is -2.12. The lowest BCUT2D eigenvalue weighted by atomic mass is 10.0. The lowest BCUT2D eigenvalue weighted by Crippen LogP contribution is -2.47. The van der Waals surface area contributed by atoms with E-state index in [1.54, 1.807) is 19.1 Å². The van der Waals surface area contributed by atoms with Crippen molar-refractivity contribution < 1.29 is 23.8 Å². The summed E-state index contributed by atoms with van der Waals surface area (Å²) < 4.78 is 15.3. The van der Waals surface area contributed by atoms with Crippen molar-refractivity contribution in [3.05, 3.63) is 29.8 Å². The van der Waals surface area contributed by atoms with Crippen LogP contribution in [-0.4, -0.2) is 69.9 Å². The predicted octanol–water partition coefficient (Wildman–Crippen LogP) is 1.01. The van der Waals surface area contributed by atoms with E-state index in [0.29, 0.717) is 32.7 Å². The fourth-order valence-corrected chi connectivity index (χ4v) is 2.87. The third kappa shape index (κ3) is 6.65. The number of piperidine rings is 1. The average molecular weight is 364 g/mol. The van der Waals surface area contributed by atoms with E-state index in [1.165, 1.54) is 0 Å². The molecule has 1 aliphatic heterocycles. The molecular weight excluding hydrogens is 336 g/mol. The first-order chi connectivity index (χ1) is 12.6. The Kier molecular flexibility index (Phi) is 8.37. The van der Waals surface area contributed by atoms with Crippen LogP contribution >= 0.6 is 0 Å². The first kappa shape index (κ1) is 20.2. The molecule has 0 bridgehead atoms. The highest BCUT2D eigenvalue weighted by molar-refractivity contribution is 5.79. The molecule has 1 saturated heterocycles. The number of ether oxygens (including phenoxy) is 3. The van der Waals surface area contributed by atoms with E-state index >= 15 is 0 Å². The maximum absolute atomic E-state index is 12.2. The van der Waals surface area contributed by atoms with Gasteiger partial charge in [-0.1, -0.05) is 12.1 Å². The Morgan fingerprint density at radius 3 is 2.42 bits per heavy atom. The van der Waals surface area contributed by atoms with Crippen molar-refractivity contribution in [1.29, 1.82) is 0 Å². The number of rotatable bonds is 9. The minimum Gasteiger partial charge on any atom is -0.497 e. The van der Waals surface area contributed by atoms with E-state index in [-0.39, 0.29) is 24.5 Å². The maximum Gasteiger partial charge on any atom is 0.248 e. The third-order valence-corrected chi connectivity index (χ3v) is 4.39. The number of carbonyl (C=O) groups excluding carboxylic acids is 2. The molecule has 0 saturated carbocycles. The number of hydrogen-bond donors (Lipinski definition) is 1. The monoisotopic (exact) mass is 364 g/mol. The maximum atomic E-state index is 12.2. The quantitative estimate of drug-likeness (QED) is 0.662. The van der Waals surface area contributed by atoms with E-state index in [1.807, 2.05) is 24.3 Å². The first-order valence-corrected chi connectivity index (χ1v) is 8.89. The lowest BCUT2D eigenvalue weighted by molar-refractivity contribution is -0.137. The second-order valence-electron chi connectivity index (χ2n) is 6.29. The molecule has 1 fully saturated rings. The molecule has 1 heterocycles. The molecule has 7 heteroatoms. The zero-order valence-electron chi connectivity index (χ0n) is 15.5. The lowest BCUT2D eigenvalue weighted by Gasteiger charge is -2.32. The molecule has 2 rings (SSSR count). The fourth-order valence-electron chi connectivity index (χ4n) is 2.87. The van der Waals surface area contributed by atoms with Gasteiger partial charge in [0.2, 0.25) is 11.8 Å². The first-order valence-electron chi connectivity index (χ1n) is 8.89. The smallest absolute Gasteiger partial charge is 0.248 e. The topological polar surface area (TPSA) is 77.1 Å². The van der Waals surface area contributed by atoms with Gasteiger partial charge in [-0.3, -0.25) is 9.59 Å². The summed E-state index contributed by atoms with van der Waals surface area (Å²) in [5.41, 5.74) is 0.948. The standard InChI is InChI=1S/C19H28N2O5/c1-24-11-12-26-14-19(23)21-9-7-16(8-10-21)20-18(22)13-15-3-5-17(25-2)6-4-15/h3-6,16H,7-14H2,1-2H3,(H,20,22). The summed E-state index contributed by atoms with van der Waals surface area (Å²) in [6.45, 7) is 2.26. The number of benzene rings is 1. The zero-order valence-corrected chi connectivity index (χ0v) is 15.5. The van der Waals surface area contributed by atoms with Crippen LogP contribution in [0.4, 0.5) is 0 Å². The number of amides is 2. The molecule has 7 nitrogen and oxygen atoms in total. The number of likely N-dealkylation sites (tertiary alicyclic amines) is 1. The number of hydrogen-bond acceptors (Lipinski definition) is 5. The molecule has 1 N–H and O–H groups in total. The third-order valence-electron chi connectivity index (χ3n) is 4.39. The zero-order chi connectivity index (χ0) is 18.8. The van der Waals surface area contributed by atoms with Crippen LogP contribution in [0.5, 0.6) is 5.75 Å². The highest BCUT2D eigenvalue weighted by Gasteiger charge is 2.23. The van der Waals surface area contributed by atoms with Crippen LogP contribution in [0.25, 0.3) is 0 Å². The summed E-state index contributed by atoms with van der Waals surface area (Å²) in [6.07, 6.45) is 1.87. The summed E-state index contributed by atoms with van der Waals surface area (Å²) in [5, 5.41) is 3.06. The molecule has 26 heavy (non-hydrogen) atoms. The highest BCUT2D eigenvalue weighted by Crippen LogP contribution is 2.13. The summed E-state index contributed by atoms with van der Waals surface area (Å²) in [6, 6.07) is 7.59. The van der Waals surface area contributed by atoms with E-state index in [0.717, 1.165) is 24.2 Å². The van der Waals surface area contributed by atoms with Crippen LogP contribution in [0.15, 0.2) is 24.3 Å². The van der Waals surface area contributed by atoms with Crippen molar-refractivity contribution in [3.63, 3.8) is 0 Å². The molecular formula is C19H28N2O5. The average Bonchev–Trinajstić information content (AvgIpc) is 2.66. The van der Waals surface area contributed by atoms with Gasteiger partial charge in [0.25, 0.3) is 0 Å². The molecule has 144 valence electrons. The molecule has 0 atom stereocenters. The van der Waals surface area contributed by atoms with E-state index < -0.39 is 0 Å². The molecule has 0 aliphatic carbocycles. The molecule has 1 aliphatic rings. The second kappa shape index (κ2) is 10.8. The van der Waals surface area contributed by atoms with Gasteiger partial charge < -0.3 is 24.4 Å². The van der Waals surface area contributed by atoms with Crippen molar-refractivity contribution in [2.24, 2.45) is 0 Å². The van der Waals surface area contributed by atoms with E-state index in [2.05, 4.69) is 5.32 Å². The Balaban J connectivity index is 1.67. The van der Waals surface area contributed by atoms with Crippen LogP contribution < -0.4 is 10.1 Å². The molecule has 0 aromatic heterocycles. The number of nitrogens with one attached hydrogen (secondary N) is 1. The van der Waals surface area contributed by atoms with Crippen molar-refractivity contribution in [1.82, 2.24) is 10.2 Å². The summed E-state index contributed by atoms with van der Waals surface area (Å²) in [7, 11) is 3.21. The van der Waals surface area contributed by atoms with Crippen LogP contribution in [0.3, 0.4) is 0 Å². The Morgan fingerprint density at radius 2 is 1.81 bits per heavy atom. The van der Waals surface area contributed by atoms with Gasteiger partial charge in [-0.15, -0.1) is 0 Å². The van der Waals surface area contributed by atoms with E-state index in [9.17, 15) is 9.59 Å². The Labute approximate surface area is 154 Å². The van der Waals surface area contributed by atoms with Gasteiger partial charge in [0, 0.05) is 26.2 Å². The minimum atomic E-state index is -0.0101. The SMILES string of the molecule is COCCOCC(=O)N1CCC(NC(=O)Cc2ccc(OC)cc2)CC1. The number of methoxy groups -OCH3 is 2. The van der Waals surface area contributed by atoms with Gasteiger partial charge in [0.1, 0.15) is 12.4 Å². The fraction of sp³-hybridized carbons (Fsp3) is 0.579. The highest BCUT2D eigenvalue weighted by atomic mass is 16.5. The molecule has 1 aromatic rings. The molecule has 1 aromatic carbocycles. The van der Waals surface area contributed by atoms with Gasteiger partial charge in [-0.05, 0) is 30.5 Å². The predicted molar refractivity (Wildman–Crippen MR) is 97.1 cm³/mol. The summed E-state index contributed by atoms with van der Waals surface area (Å²) in [5.74, 6) is 0.768. The second-order valence-corrected chi connectivity index (χ2v) is 6.29. The van der Waals surface area contributed by atoms with Gasteiger partial charge in [-0.2, -0.15) is 0 Å². The normalized spacial score (nSPS) is 14.9. The molecule has 0 unspecified atom stereocenters. The van der Waals surface area contributed by atoms with Crippen LogP contribution in [0.1, 0.15) is 18.4 Å². The largest absolute Gasteiger partial charge is 0.497 e. The van der Waals surface area contributed by atoms with Gasteiger partial charge in [0.05, 0.1) is 26.7 Å². The van der Waals surface area contributed by atoms with Crippen LogP contribution in [-0.2, 0) is 25.5 Å². The van der Waals surface area contributed by atoms with Crippen molar-refractivity contribution in [2.75, 3.05) is 47.1 Å². The van der Waals surface area contributed by atoms with Crippen LogP contribution in [0, 0.1) is 0 Å². The van der Waals surface area contributed by atoms with Gasteiger partial charge in [0.15, 0.2) is 0 Å². The molecule has 0 radical (unpaired) electrons. The number of carbonyl (C=O) groups is 2. The summed E-state index contributed by atoms with van der Waals surface area (Å²) in [4.78, 5) is 26.0. The molecule has 0 spiro atoms. The van der Waals surface area contributed by atoms with Crippen molar-refractivity contribution in [2.45, 2.75) is 25.3 Å². The van der Waals surface area contributed by atoms with E-state index in [4.69, 9.17) is 14.2 Å². The number of nitrogens with zero attached hydrogens (tertiary/aromatic N) is 1. The van der Waals surface area contributed by atoms with Gasteiger partial charge in [-0.25, -0.2) is 0 Å². The Morgan fingerprint density at radius 1 is 1.12 bits per heavy atom. The van der Waals surface area contributed by atoms with Gasteiger partial charge >= 0.3 is 0 Å². The van der Waals surface area contributed by atoms with Crippen molar-refractivity contribution >= 4 is 11.8 Å². The Bertz CT molecular complexity index is 568. The summed E-state index contributed by atoms with van der Waals surface area (Å²) >= 11 is 0.